The van der Waals surface area contributed by atoms with Gasteiger partial charge in [-0.05, 0) is 42.0 Å². The summed E-state index contributed by atoms with van der Waals surface area (Å²) in [4.78, 5) is 12.7. The van der Waals surface area contributed by atoms with Crippen LogP contribution in [-0.2, 0) is 6.42 Å². The van der Waals surface area contributed by atoms with Gasteiger partial charge in [-0.15, -0.1) is 0 Å². The topological polar surface area (TPSA) is 26.3 Å². The number of ether oxygens (including phenoxy) is 1. The van der Waals surface area contributed by atoms with Gasteiger partial charge in [0.15, 0.2) is 5.78 Å². The van der Waals surface area contributed by atoms with Crippen LogP contribution in [0, 0.1) is 0 Å². The molecule has 3 aromatic carbocycles. The van der Waals surface area contributed by atoms with E-state index in [1.54, 1.807) is 36.4 Å². The van der Waals surface area contributed by atoms with Gasteiger partial charge in [-0.25, -0.2) is 0 Å². The summed E-state index contributed by atoms with van der Waals surface area (Å²) in [5.41, 5.74) is 1.32. The molecule has 0 atom stereocenters. The van der Waals surface area contributed by atoms with E-state index in [2.05, 4.69) is 0 Å². The molecule has 0 fully saturated rings. The molecule has 0 aliphatic heterocycles. The molecule has 0 saturated heterocycles. The molecular weight excluding hydrogens is 379 g/mol. The minimum atomic E-state index is -0.0891. The van der Waals surface area contributed by atoms with E-state index in [9.17, 15) is 4.79 Å². The molecule has 0 radical (unpaired) electrons. The quantitative estimate of drug-likeness (QED) is 0.444. The molecule has 3 rings (SSSR count). The largest absolute Gasteiger partial charge is 0.455 e. The highest BCUT2D eigenvalue weighted by atomic mass is 35.5. The third-order valence-electron chi connectivity index (χ3n) is 3.56. The second-order valence-corrected chi connectivity index (χ2v) is 6.68. The lowest BCUT2D eigenvalue weighted by atomic mass is 10.0. The number of benzene rings is 3. The third kappa shape index (κ3) is 4.55. The Labute approximate surface area is 160 Å². The fraction of sp³-hybridized carbons (Fsp3) is 0.0500. The van der Waals surface area contributed by atoms with Gasteiger partial charge in [-0.2, -0.15) is 0 Å². The van der Waals surface area contributed by atoms with E-state index in [-0.39, 0.29) is 12.2 Å². The van der Waals surface area contributed by atoms with Crippen LogP contribution in [-0.4, -0.2) is 5.78 Å². The minimum Gasteiger partial charge on any atom is -0.455 e. The van der Waals surface area contributed by atoms with Gasteiger partial charge in [0, 0.05) is 16.5 Å². The smallest absolute Gasteiger partial charge is 0.171 e. The Morgan fingerprint density at radius 2 is 1.44 bits per heavy atom. The number of ketones is 1. The van der Waals surface area contributed by atoms with Crippen molar-refractivity contribution in [2.75, 3.05) is 0 Å². The maximum atomic E-state index is 12.7. The fourth-order valence-electron chi connectivity index (χ4n) is 2.36. The number of hydrogen-bond donors (Lipinski definition) is 0. The monoisotopic (exact) mass is 390 g/mol. The first-order chi connectivity index (χ1) is 12.0. The number of carbonyl (C=O) groups excluding carboxylic acids is 1. The van der Waals surface area contributed by atoms with E-state index < -0.39 is 0 Å². The second-order valence-electron chi connectivity index (χ2n) is 5.40. The van der Waals surface area contributed by atoms with Crippen LogP contribution >= 0.6 is 34.8 Å². The van der Waals surface area contributed by atoms with E-state index in [1.807, 2.05) is 30.3 Å². The lowest BCUT2D eigenvalue weighted by molar-refractivity contribution is 0.0991. The summed E-state index contributed by atoms with van der Waals surface area (Å²) in [5.74, 6) is 0.727. The molecule has 5 heteroatoms. The summed E-state index contributed by atoms with van der Waals surface area (Å²) >= 11 is 18.1. The van der Waals surface area contributed by atoms with E-state index >= 15 is 0 Å². The van der Waals surface area contributed by atoms with Crippen LogP contribution in [0.15, 0.2) is 66.7 Å². The molecule has 0 N–H and O–H groups in total. The summed E-state index contributed by atoms with van der Waals surface area (Å²) in [6.07, 6.45) is 0.256. The number of rotatable bonds is 5. The van der Waals surface area contributed by atoms with Gasteiger partial charge in [0.05, 0.1) is 10.6 Å². The maximum absolute atomic E-state index is 12.7. The third-order valence-corrected chi connectivity index (χ3v) is 4.33. The average Bonchev–Trinajstić information content (AvgIpc) is 2.59. The van der Waals surface area contributed by atoms with Crippen LogP contribution in [0.2, 0.25) is 15.1 Å². The van der Waals surface area contributed by atoms with Crippen molar-refractivity contribution >= 4 is 40.6 Å². The summed E-state index contributed by atoms with van der Waals surface area (Å²) in [5, 5.41) is 1.34. The first-order valence-electron chi connectivity index (χ1n) is 7.52. The molecule has 0 aliphatic carbocycles. The van der Waals surface area contributed by atoms with Crippen molar-refractivity contribution in [3.05, 3.63) is 92.9 Å². The lowest BCUT2D eigenvalue weighted by Crippen LogP contribution is -2.05. The summed E-state index contributed by atoms with van der Waals surface area (Å²) in [7, 11) is 0. The lowest BCUT2D eigenvalue weighted by Gasteiger charge is -2.12. The van der Waals surface area contributed by atoms with E-state index in [4.69, 9.17) is 39.5 Å². The summed E-state index contributed by atoms with van der Waals surface area (Å²) in [6.45, 7) is 0. The molecule has 0 spiro atoms. The highest BCUT2D eigenvalue weighted by Crippen LogP contribution is 2.34. The molecule has 126 valence electrons. The second kappa shape index (κ2) is 7.92. The molecule has 0 aromatic heterocycles. The van der Waals surface area contributed by atoms with E-state index in [0.717, 1.165) is 5.56 Å². The maximum Gasteiger partial charge on any atom is 0.171 e. The van der Waals surface area contributed by atoms with Crippen LogP contribution in [0.5, 0.6) is 11.5 Å². The van der Waals surface area contributed by atoms with Gasteiger partial charge < -0.3 is 4.74 Å². The summed E-state index contributed by atoms with van der Waals surface area (Å²) < 4.78 is 5.84. The first-order valence-corrected chi connectivity index (χ1v) is 8.66. The van der Waals surface area contributed by atoms with Crippen molar-refractivity contribution < 1.29 is 9.53 Å². The molecule has 0 amide bonds. The molecule has 0 saturated carbocycles. The van der Waals surface area contributed by atoms with Crippen LogP contribution in [0.3, 0.4) is 0 Å². The SMILES string of the molecule is O=C(Cc1ccccc1)c1cc(Cl)ccc1Oc1ccc(Cl)cc1Cl. The van der Waals surface area contributed by atoms with Crippen molar-refractivity contribution in [1.29, 1.82) is 0 Å². The number of Topliss-reactive ketones (excluding diaryl/α,β-unsaturated/α-hetero) is 1. The van der Waals surface area contributed by atoms with Gasteiger partial charge >= 0.3 is 0 Å². The Kier molecular flexibility index (Phi) is 5.64. The van der Waals surface area contributed by atoms with E-state index in [1.165, 1.54) is 0 Å². The van der Waals surface area contributed by atoms with Crippen molar-refractivity contribution in [3.8, 4) is 11.5 Å². The Morgan fingerprint density at radius 1 is 0.800 bits per heavy atom. The molecule has 0 heterocycles. The van der Waals surface area contributed by atoms with E-state index in [0.29, 0.717) is 32.1 Å². The van der Waals surface area contributed by atoms with Crippen molar-refractivity contribution in [2.45, 2.75) is 6.42 Å². The molecule has 0 bridgehead atoms. The normalized spacial score (nSPS) is 10.5. The van der Waals surface area contributed by atoms with Crippen LogP contribution in [0.25, 0.3) is 0 Å². The Morgan fingerprint density at radius 3 is 2.12 bits per heavy atom. The minimum absolute atomic E-state index is 0.0891. The van der Waals surface area contributed by atoms with Crippen LogP contribution < -0.4 is 4.74 Å². The predicted molar refractivity (Wildman–Crippen MR) is 102 cm³/mol. The molecule has 2 nitrogen and oxygen atoms in total. The molecule has 0 unspecified atom stereocenters. The highest BCUT2D eigenvalue weighted by molar-refractivity contribution is 6.35. The average molecular weight is 392 g/mol. The highest BCUT2D eigenvalue weighted by Gasteiger charge is 2.16. The zero-order valence-electron chi connectivity index (χ0n) is 13.0. The van der Waals surface area contributed by atoms with Gasteiger partial charge in [0.1, 0.15) is 11.5 Å². The molecule has 3 aromatic rings. The number of carbonyl (C=O) groups is 1. The molecule has 0 aliphatic rings. The van der Waals surface area contributed by atoms with Gasteiger partial charge in [0.2, 0.25) is 0 Å². The Hall–Kier alpha value is -2.00. The first kappa shape index (κ1) is 17.8. The van der Waals surface area contributed by atoms with Crippen molar-refractivity contribution in [3.63, 3.8) is 0 Å². The molecular formula is C20H13Cl3O2. The van der Waals surface area contributed by atoms with Crippen molar-refractivity contribution in [2.24, 2.45) is 0 Å². The number of halogens is 3. The zero-order valence-corrected chi connectivity index (χ0v) is 15.3. The fourth-order valence-corrected chi connectivity index (χ4v) is 2.98. The van der Waals surface area contributed by atoms with Gasteiger partial charge in [-0.1, -0.05) is 65.1 Å². The standard InChI is InChI=1S/C20H13Cl3O2/c21-14-6-8-19(25-20-9-7-15(22)12-17(20)23)16(11-14)18(24)10-13-4-2-1-3-5-13/h1-9,11-12H,10H2. The van der Waals surface area contributed by atoms with Gasteiger partial charge in [-0.3, -0.25) is 4.79 Å². The number of hydrogen-bond acceptors (Lipinski definition) is 2. The Bertz CT molecular complexity index is 908. The summed E-state index contributed by atoms with van der Waals surface area (Å²) in [6, 6.07) is 19.3. The van der Waals surface area contributed by atoms with Crippen LogP contribution in [0.4, 0.5) is 0 Å². The van der Waals surface area contributed by atoms with Crippen molar-refractivity contribution in [1.82, 2.24) is 0 Å². The zero-order chi connectivity index (χ0) is 17.8. The predicted octanol–water partition coefficient (Wildman–Crippen LogP) is 6.86. The van der Waals surface area contributed by atoms with Crippen LogP contribution in [0.1, 0.15) is 15.9 Å². The van der Waals surface area contributed by atoms with Gasteiger partial charge in [0.25, 0.3) is 0 Å². The Balaban J connectivity index is 1.91. The molecule has 25 heavy (non-hydrogen) atoms.